The van der Waals surface area contributed by atoms with Crippen molar-refractivity contribution in [1.82, 2.24) is 4.90 Å². The molecule has 4 heteroatoms. The molecule has 0 amide bonds. The average Bonchev–Trinajstić information content (AvgIpc) is 2.54. The Balaban J connectivity index is 1.89. The van der Waals surface area contributed by atoms with E-state index in [0.717, 1.165) is 17.1 Å². The van der Waals surface area contributed by atoms with Crippen molar-refractivity contribution in [2.45, 2.75) is 75.1 Å². The summed E-state index contributed by atoms with van der Waals surface area (Å²) in [5.74, 6) is 0.864. The van der Waals surface area contributed by atoms with Crippen molar-refractivity contribution in [2.24, 2.45) is 4.99 Å². The molecule has 2 nitrogen and oxygen atoms in total. The van der Waals surface area contributed by atoms with Gasteiger partial charge in [-0.2, -0.15) is 0 Å². The van der Waals surface area contributed by atoms with Crippen molar-refractivity contribution in [3.63, 3.8) is 0 Å². The van der Waals surface area contributed by atoms with Gasteiger partial charge in [0.1, 0.15) is 7.85 Å². The molecule has 94 valence electrons. The number of nitrogens with zero attached hydrogens (tertiary/aromatic N) is 2. The summed E-state index contributed by atoms with van der Waals surface area (Å²) in [5.41, 5.74) is 0. The van der Waals surface area contributed by atoms with Crippen LogP contribution >= 0.6 is 11.8 Å². The molecule has 2 aliphatic heterocycles. The van der Waals surface area contributed by atoms with Crippen LogP contribution in [0.3, 0.4) is 0 Å². The maximum absolute atomic E-state index is 4.89. The quantitative estimate of drug-likeness (QED) is 0.613. The van der Waals surface area contributed by atoms with Crippen LogP contribution in [0.1, 0.15) is 46.0 Å². The van der Waals surface area contributed by atoms with Gasteiger partial charge in [0.05, 0.1) is 6.04 Å². The van der Waals surface area contributed by atoms with E-state index in [0.29, 0.717) is 12.1 Å². The molecule has 1 saturated carbocycles. The van der Waals surface area contributed by atoms with E-state index in [1.807, 2.05) is 0 Å². The van der Waals surface area contributed by atoms with Gasteiger partial charge in [0, 0.05) is 17.3 Å². The number of thioether (sulfide) groups is 1. The van der Waals surface area contributed by atoms with Crippen molar-refractivity contribution in [3.05, 3.63) is 0 Å². The standard InChI is InChI=1S/C13H23BN2S/c1-8-7-9(2)16-11-6-4-3-5-10(14)12(11)17-13(16)15-8/h8-12H,3-7,14H2,1-2H3. The Morgan fingerprint density at radius 3 is 2.88 bits per heavy atom. The molecular weight excluding hydrogens is 227 g/mol. The van der Waals surface area contributed by atoms with Crippen LogP contribution in [0.2, 0.25) is 5.82 Å². The zero-order valence-electron chi connectivity index (χ0n) is 11.2. The number of rotatable bonds is 0. The molecular formula is C13H23BN2S. The molecule has 17 heavy (non-hydrogen) atoms. The first-order valence-corrected chi connectivity index (χ1v) is 8.07. The van der Waals surface area contributed by atoms with Gasteiger partial charge in [-0.3, -0.25) is 4.99 Å². The summed E-state index contributed by atoms with van der Waals surface area (Å²) in [6.45, 7) is 4.66. The third-order valence-electron chi connectivity index (χ3n) is 4.66. The van der Waals surface area contributed by atoms with E-state index < -0.39 is 0 Å². The summed E-state index contributed by atoms with van der Waals surface area (Å²) in [7, 11) is 2.45. The molecule has 0 bridgehead atoms. The second-order valence-electron chi connectivity index (χ2n) is 6.16. The molecule has 1 saturated heterocycles. The van der Waals surface area contributed by atoms with E-state index in [-0.39, 0.29) is 0 Å². The van der Waals surface area contributed by atoms with Crippen molar-refractivity contribution in [1.29, 1.82) is 0 Å². The van der Waals surface area contributed by atoms with Gasteiger partial charge in [0.15, 0.2) is 5.17 Å². The van der Waals surface area contributed by atoms with Crippen molar-refractivity contribution < 1.29 is 0 Å². The maximum Gasteiger partial charge on any atom is 0.160 e. The molecule has 0 radical (unpaired) electrons. The molecule has 1 aliphatic carbocycles. The van der Waals surface area contributed by atoms with Crippen LogP contribution < -0.4 is 0 Å². The zero-order valence-corrected chi connectivity index (χ0v) is 12.0. The van der Waals surface area contributed by atoms with Crippen molar-refractivity contribution in [2.75, 3.05) is 0 Å². The summed E-state index contributed by atoms with van der Waals surface area (Å²) >= 11 is 2.08. The topological polar surface area (TPSA) is 15.6 Å². The first-order chi connectivity index (χ1) is 8.16. The Bertz CT molecular complexity index is 333. The van der Waals surface area contributed by atoms with Crippen molar-refractivity contribution in [3.8, 4) is 0 Å². The summed E-state index contributed by atoms with van der Waals surface area (Å²) in [5, 5.41) is 2.17. The van der Waals surface area contributed by atoms with Gasteiger partial charge in [0.25, 0.3) is 0 Å². The Morgan fingerprint density at radius 1 is 1.29 bits per heavy atom. The van der Waals surface area contributed by atoms with Crippen LogP contribution in [-0.2, 0) is 0 Å². The Labute approximate surface area is 110 Å². The third kappa shape index (κ3) is 2.03. The fraction of sp³-hybridized carbons (Fsp3) is 0.923. The lowest BCUT2D eigenvalue weighted by atomic mass is 9.79. The SMILES string of the molecule is BC1CCCCC2C1SC1=NC(C)CC(C)N12. The Morgan fingerprint density at radius 2 is 2.06 bits per heavy atom. The summed E-state index contributed by atoms with van der Waals surface area (Å²) < 4.78 is 0. The van der Waals surface area contributed by atoms with Crippen molar-refractivity contribution >= 4 is 24.8 Å². The minimum Gasteiger partial charge on any atom is -0.345 e. The largest absolute Gasteiger partial charge is 0.345 e. The summed E-state index contributed by atoms with van der Waals surface area (Å²) in [4.78, 5) is 7.55. The number of amidine groups is 1. The molecule has 0 aromatic heterocycles. The van der Waals surface area contributed by atoms with E-state index in [2.05, 4.69) is 38.4 Å². The number of hydrogen-bond acceptors (Lipinski definition) is 3. The van der Waals surface area contributed by atoms with Gasteiger partial charge >= 0.3 is 0 Å². The van der Waals surface area contributed by atoms with Gasteiger partial charge in [-0.25, -0.2) is 0 Å². The van der Waals surface area contributed by atoms with Gasteiger partial charge in [-0.15, -0.1) is 0 Å². The van der Waals surface area contributed by atoms with E-state index >= 15 is 0 Å². The fourth-order valence-electron chi connectivity index (χ4n) is 3.81. The van der Waals surface area contributed by atoms with Gasteiger partial charge in [-0.05, 0) is 26.7 Å². The van der Waals surface area contributed by atoms with E-state index in [9.17, 15) is 0 Å². The lowest BCUT2D eigenvalue weighted by molar-refractivity contribution is 0.217. The number of fused-ring (bicyclic) bond motifs is 3. The number of aliphatic imine (C=N–C) groups is 1. The van der Waals surface area contributed by atoms with Crippen LogP contribution in [0.15, 0.2) is 4.99 Å². The number of hydrogen-bond donors (Lipinski definition) is 0. The van der Waals surface area contributed by atoms with Crippen LogP contribution in [0.4, 0.5) is 0 Å². The third-order valence-corrected chi connectivity index (χ3v) is 6.24. The minimum absolute atomic E-state index is 0.529. The maximum atomic E-state index is 4.89. The summed E-state index contributed by atoms with van der Waals surface area (Å²) in [6.07, 6.45) is 6.89. The first-order valence-electron chi connectivity index (χ1n) is 7.19. The molecule has 5 unspecified atom stereocenters. The monoisotopic (exact) mass is 250 g/mol. The molecule has 0 spiro atoms. The Kier molecular flexibility index (Phi) is 3.18. The normalized spacial score (nSPS) is 45.9. The molecule has 0 aromatic carbocycles. The smallest absolute Gasteiger partial charge is 0.160 e. The highest BCUT2D eigenvalue weighted by Gasteiger charge is 2.45. The van der Waals surface area contributed by atoms with Gasteiger partial charge in [0.2, 0.25) is 0 Å². The predicted molar refractivity (Wildman–Crippen MR) is 78.7 cm³/mol. The lowest BCUT2D eigenvalue weighted by Crippen LogP contribution is -2.46. The van der Waals surface area contributed by atoms with Crippen LogP contribution in [0.25, 0.3) is 0 Å². The molecule has 3 aliphatic rings. The van der Waals surface area contributed by atoms with Gasteiger partial charge < -0.3 is 4.90 Å². The van der Waals surface area contributed by atoms with E-state index in [1.54, 1.807) is 0 Å². The highest BCUT2D eigenvalue weighted by atomic mass is 32.2. The van der Waals surface area contributed by atoms with Crippen LogP contribution in [0.5, 0.6) is 0 Å². The molecule has 2 heterocycles. The van der Waals surface area contributed by atoms with E-state index in [1.165, 1.54) is 37.3 Å². The highest BCUT2D eigenvalue weighted by Crippen LogP contribution is 2.46. The predicted octanol–water partition coefficient (Wildman–Crippen LogP) is 2.30. The second kappa shape index (κ2) is 4.53. The molecule has 0 N–H and O–H groups in total. The lowest BCUT2D eigenvalue weighted by Gasteiger charge is -2.37. The highest BCUT2D eigenvalue weighted by molar-refractivity contribution is 8.14. The molecule has 5 atom stereocenters. The average molecular weight is 250 g/mol. The van der Waals surface area contributed by atoms with Crippen LogP contribution in [0, 0.1) is 0 Å². The van der Waals surface area contributed by atoms with E-state index in [4.69, 9.17) is 4.99 Å². The second-order valence-corrected chi connectivity index (χ2v) is 7.31. The molecule has 3 rings (SSSR count). The first kappa shape index (κ1) is 11.9. The fourth-order valence-corrected chi connectivity index (χ4v) is 5.52. The molecule has 2 fully saturated rings. The van der Waals surface area contributed by atoms with Gasteiger partial charge in [-0.1, -0.05) is 36.8 Å². The molecule has 0 aromatic rings. The minimum atomic E-state index is 0.529. The summed E-state index contributed by atoms with van der Waals surface area (Å²) in [6, 6.07) is 2.01. The zero-order chi connectivity index (χ0) is 12.0. The van der Waals surface area contributed by atoms with Crippen LogP contribution in [-0.4, -0.2) is 41.3 Å². The Hall–Kier alpha value is -0.115.